The Morgan fingerprint density at radius 2 is 1.97 bits per heavy atom. The fourth-order valence-electron chi connectivity index (χ4n) is 3.94. The maximum Gasteiger partial charge on any atom is 0.241 e. The van der Waals surface area contributed by atoms with Crippen molar-refractivity contribution in [3.8, 4) is 11.4 Å². The number of rotatable bonds is 10. The average Bonchev–Trinajstić information content (AvgIpc) is 3.31. The monoisotopic (exact) mass is 518 g/mol. The van der Waals surface area contributed by atoms with E-state index >= 15 is 0 Å². The second-order valence-corrected chi connectivity index (χ2v) is 10.3. The number of nitrogens with one attached hydrogen (secondary N) is 1. The van der Waals surface area contributed by atoms with Crippen LogP contribution in [-0.2, 0) is 17.1 Å². The van der Waals surface area contributed by atoms with Crippen molar-refractivity contribution in [1.29, 1.82) is 0 Å². The van der Waals surface area contributed by atoms with Crippen LogP contribution in [0.1, 0.15) is 30.7 Å². The normalized spacial score (nSPS) is 14.9. The molecule has 0 aliphatic carbocycles. The highest BCUT2D eigenvalue weighted by atomic mass is 35.5. The largest absolute Gasteiger partial charge is 0.356 e. The standard InChI is InChI=1S/C25H28Cl2N4O2S/c26-21-7-3-6-19(15-21)24-29-23(33-30-24)16-31-12-9-18(10-13-31)25(32)28-11-4-14-34-17-20-5-1-2-8-22(20)27/h1-3,5-8,15,18H,4,9-14,16-17H2,(H,28,32). The molecular weight excluding hydrogens is 491 g/mol. The molecule has 1 aromatic heterocycles. The molecule has 0 saturated carbocycles. The average molecular weight is 519 g/mol. The smallest absolute Gasteiger partial charge is 0.241 e. The van der Waals surface area contributed by atoms with E-state index in [-0.39, 0.29) is 11.8 Å². The molecule has 0 bridgehead atoms. The summed E-state index contributed by atoms with van der Waals surface area (Å²) in [4.78, 5) is 19.3. The van der Waals surface area contributed by atoms with Crippen molar-refractivity contribution in [2.75, 3.05) is 25.4 Å². The van der Waals surface area contributed by atoms with Gasteiger partial charge in [-0.3, -0.25) is 9.69 Å². The molecule has 1 amide bonds. The lowest BCUT2D eigenvalue weighted by molar-refractivity contribution is -0.126. The Morgan fingerprint density at radius 3 is 2.76 bits per heavy atom. The number of carbonyl (C=O) groups excluding carboxylic acids is 1. The van der Waals surface area contributed by atoms with Gasteiger partial charge in [0.2, 0.25) is 17.6 Å². The van der Waals surface area contributed by atoms with Gasteiger partial charge in [-0.2, -0.15) is 16.7 Å². The first-order valence-electron chi connectivity index (χ1n) is 11.5. The third kappa shape index (κ3) is 7.22. The second kappa shape index (κ2) is 12.6. The molecule has 3 aromatic rings. The highest BCUT2D eigenvalue weighted by molar-refractivity contribution is 7.98. The van der Waals surface area contributed by atoms with Gasteiger partial charge in [0.1, 0.15) is 0 Å². The quantitative estimate of drug-likeness (QED) is 0.347. The number of likely N-dealkylation sites (tertiary alicyclic amines) is 1. The van der Waals surface area contributed by atoms with Gasteiger partial charge in [0, 0.05) is 33.8 Å². The summed E-state index contributed by atoms with van der Waals surface area (Å²) >= 11 is 14.1. The van der Waals surface area contributed by atoms with Gasteiger partial charge in [-0.25, -0.2) is 0 Å². The second-order valence-electron chi connectivity index (χ2n) is 8.36. The molecule has 0 spiro atoms. The van der Waals surface area contributed by atoms with Gasteiger partial charge < -0.3 is 9.84 Å². The zero-order valence-corrected chi connectivity index (χ0v) is 21.2. The van der Waals surface area contributed by atoms with Crippen LogP contribution in [-0.4, -0.2) is 46.3 Å². The van der Waals surface area contributed by atoms with Gasteiger partial charge in [-0.15, -0.1) is 0 Å². The lowest BCUT2D eigenvalue weighted by atomic mass is 9.96. The van der Waals surface area contributed by atoms with Crippen LogP contribution in [0.5, 0.6) is 0 Å². The molecule has 6 nitrogen and oxygen atoms in total. The van der Waals surface area contributed by atoms with E-state index in [0.717, 1.165) is 60.0 Å². The Bertz CT molecular complexity index is 1090. The van der Waals surface area contributed by atoms with Gasteiger partial charge >= 0.3 is 0 Å². The van der Waals surface area contributed by atoms with Crippen LogP contribution >= 0.6 is 35.0 Å². The maximum absolute atomic E-state index is 12.5. The molecule has 1 saturated heterocycles. The van der Waals surface area contributed by atoms with Crippen molar-refractivity contribution < 1.29 is 9.32 Å². The molecule has 2 heterocycles. The number of thioether (sulfide) groups is 1. The molecule has 0 unspecified atom stereocenters. The van der Waals surface area contributed by atoms with Crippen LogP contribution in [0, 0.1) is 5.92 Å². The number of aromatic nitrogens is 2. The number of carbonyl (C=O) groups is 1. The van der Waals surface area contributed by atoms with Crippen molar-refractivity contribution in [2.24, 2.45) is 5.92 Å². The van der Waals surface area contributed by atoms with E-state index < -0.39 is 0 Å². The van der Waals surface area contributed by atoms with E-state index in [9.17, 15) is 4.79 Å². The number of amides is 1. The Morgan fingerprint density at radius 1 is 1.15 bits per heavy atom. The van der Waals surface area contributed by atoms with E-state index in [1.807, 2.05) is 54.2 Å². The zero-order chi connectivity index (χ0) is 23.8. The van der Waals surface area contributed by atoms with Crippen LogP contribution in [0.25, 0.3) is 11.4 Å². The zero-order valence-electron chi connectivity index (χ0n) is 18.9. The fraction of sp³-hybridized carbons (Fsp3) is 0.400. The summed E-state index contributed by atoms with van der Waals surface area (Å²) in [6, 6.07) is 15.3. The maximum atomic E-state index is 12.5. The van der Waals surface area contributed by atoms with E-state index in [1.54, 1.807) is 0 Å². The number of nitrogens with zero attached hydrogens (tertiary/aromatic N) is 3. The lowest BCUT2D eigenvalue weighted by Crippen LogP contribution is -2.40. The minimum Gasteiger partial charge on any atom is -0.356 e. The van der Waals surface area contributed by atoms with Crippen LogP contribution in [0.2, 0.25) is 10.0 Å². The molecule has 34 heavy (non-hydrogen) atoms. The van der Waals surface area contributed by atoms with Crippen molar-refractivity contribution in [3.05, 3.63) is 70.0 Å². The number of piperidine rings is 1. The van der Waals surface area contributed by atoms with Gasteiger partial charge in [0.25, 0.3) is 0 Å². The highest BCUT2D eigenvalue weighted by Crippen LogP contribution is 2.23. The number of hydrogen-bond acceptors (Lipinski definition) is 6. The summed E-state index contributed by atoms with van der Waals surface area (Å²) in [5.41, 5.74) is 1.99. The molecule has 1 fully saturated rings. The topological polar surface area (TPSA) is 71.3 Å². The van der Waals surface area contributed by atoms with Crippen molar-refractivity contribution in [1.82, 2.24) is 20.4 Å². The Balaban J connectivity index is 1.12. The highest BCUT2D eigenvalue weighted by Gasteiger charge is 2.25. The molecule has 1 aliphatic rings. The van der Waals surface area contributed by atoms with Crippen molar-refractivity contribution >= 4 is 40.9 Å². The van der Waals surface area contributed by atoms with Gasteiger partial charge in [-0.05, 0) is 61.9 Å². The molecule has 180 valence electrons. The summed E-state index contributed by atoms with van der Waals surface area (Å²) in [6.07, 6.45) is 2.62. The van der Waals surface area contributed by atoms with Gasteiger partial charge in [0.15, 0.2) is 0 Å². The lowest BCUT2D eigenvalue weighted by Gasteiger charge is -2.30. The summed E-state index contributed by atoms with van der Waals surface area (Å²) in [6.45, 7) is 2.97. The molecule has 1 N–H and O–H groups in total. The summed E-state index contributed by atoms with van der Waals surface area (Å²) in [7, 11) is 0. The van der Waals surface area contributed by atoms with Crippen molar-refractivity contribution in [3.63, 3.8) is 0 Å². The van der Waals surface area contributed by atoms with Crippen LogP contribution in [0.3, 0.4) is 0 Å². The SMILES string of the molecule is O=C(NCCCSCc1ccccc1Cl)C1CCN(Cc2nc(-c3cccc(Cl)c3)no2)CC1. The molecule has 0 radical (unpaired) electrons. The van der Waals surface area contributed by atoms with Gasteiger partial charge in [0.05, 0.1) is 6.54 Å². The third-order valence-corrected chi connectivity index (χ3v) is 7.54. The number of hydrogen-bond donors (Lipinski definition) is 1. The minimum absolute atomic E-state index is 0.0664. The Kier molecular flexibility index (Phi) is 9.27. The van der Waals surface area contributed by atoms with Crippen LogP contribution in [0.15, 0.2) is 53.1 Å². The molecule has 2 aromatic carbocycles. The van der Waals surface area contributed by atoms with Crippen molar-refractivity contribution in [2.45, 2.75) is 31.6 Å². The Labute approximate surface area is 214 Å². The third-order valence-electron chi connectivity index (χ3n) is 5.85. The Hall–Kier alpha value is -2.06. The number of benzene rings is 2. The van der Waals surface area contributed by atoms with E-state index in [2.05, 4.69) is 26.4 Å². The first-order valence-corrected chi connectivity index (χ1v) is 13.4. The number of halogens is 2. The van der Waals surface area contributed by atoms with Crippen LogP contribution in [0.4, 0.5) is 0 Å². The fourth-order valence-corrected chi connectivity index (χ4v) is 5.37. The van der Waals surface area contributed by atoms with E-state index in [0.29, 0.717) is 29.8 Å². The van der Waals surface area contributed by atoms with E-state index in [4.69, 9.17) is 27.7 Å². The molecule has 1 aliphatic heterocycles. The summed E-state index contributed by atoms with van der Waals surface area (Å²) in [5.74, 6) is 3.23. The summed E-state index contributed by atoms with van der Waals surface area (Å²) in [5, 5.41) is 8.63. The van der Waals surface area contributed by atoms with E-state index in [1.165, 1.54) is 0 Å². The molecule has 4 rings (SSSR count). The predicted molar refractivity (Wildman–Crippen MR) is 138 cm³/mol. The summed E-state index contributed by atoms with van der Waals surface area (Å²) < 4.78 is 5.42. The molecule has 0 atom stereocenters. The molecule has 9 heteroatoms. The molecular formula is C25H28Cl2N4O2S. The van der Waals surface area contributed by atoms with Crippen LogP contribution < -0.4 is 5.32 Å². The predicted octanol–water partition coefficient (Wildman–Crippen LogP) is 5.70. The first kappa shape index (κ1) is 25.0. The first-order chi connectivity index (χ1) is 16.6. The van der Waals surface area contributed by atoms with Gasteiger partial charge in [-0.1, -0.05) is 58.7 Å². The minimum atomic E-state index is 0.0664.